The zero-order valence-corrected chi connectivity index (χ0v) is 17.2. The van der Waals surface area contributed by atoms with Crippen LogP contribution in [0.2, 0.25) is 0 Å². The zero-order valence-electron chi connectivity index (χ0n) is 17.2. The number of ether oxygens (including phenoxy) is 3. The Bertz CT molecular complexity index is 952. The van der Waals surface area contributed by atoms with Gasteiger partial charge < -0.3 is 23.8 Å². The topological polar surface area (TPSA) is 107 Å². The number of nitrogens with zero attached hydrogens (tertiary/aromatic N) is 3. The second kappa shape index (κ2) is 8.94. The number of carboxylic acid groups (broad SMARTS) is 1. The molecule has 0 spiro atoms. The molecular formula is C20H22F3N3O6. The normalized spacial score (nSPS) is 24.2. The fourth-order valence-corrected chi connectivity index (χ4v) is 4.12. The average molecular weight is 457 g/mol. The highest BCUT2D eigenvalue weighted by Gasteiger charge is 2.42. The van der Waals surface area contributed by atoms with Gasteiger partial charge in [-0.2, -0.15) is 18.2 Å². The van der Waals surface area contributed by atoms with Crippen LogP contribution >= 0.6 is 0 Å². The lowest BCUT2D eigenvalue weighted by Crippen LogP contribution is -2.25. The van der Waals surface area contributed by atoms with Gasteiger partial charge in [-0.1, -0.05) is 11.2 Å². The highest BCUT2D eigenvalue weighted by molar-refractivity contribution is 5.73. The van der Waals surface area contributed by atoms with Gasteiger partial charge in [0, 0.05) is 25.6 Å². The van der Waals surface area contributed by atoms with Crippen molar-refractivity contribution in [3.63, 3.8) is 0 Å². The molecule has 0 radical (unpaired) electrons. The van der Waals surface area contributed by atoms with Crippen LogP contribution in [-0.2, 0) is 22.5 Å². The monoisotopic (exact) mass is 457 g/mol. The predicted molar refractivity (Wildman–Crippen MR) is 101 cm³/mol. The van der Waals surface area contributed by atoms with Crippen molar-refractivity contribution in [3.05, 3.63) is 35.5 Å². The molecule has 5 rings (SSSR count). The number of alkyl halides is 3. The second-order valence-corrected chi connectivity index (χ2v) is 7.92. The van der Waals surface area contributed by atoms with Crippen molar-refractivity contribution in [3.8, 4) is 11.5 Å². The molecule has 12 heteroatoms. The molecule has 1 aromatic heterocycles. The van der Waals surface area contributed by atoms with Gasteiger partial charge in [-0.15, -0.1) is 0 Å². The maximum atomic E-state index is 10.6. The van der Waals surface area contributed by atoms with E-state index in [1.54, 1.807) is 0 Å². The first-order chi connectivity index (χ1) is 15.2. The summed E-state index contributed by atoms with van der Waals surface area (Å²) in [5, 5.41) is 11.0. The summed E-state index contributed by atoms with van der Waals surface area (Å²) >= 11 is 0. The van der Waals surface area contributed by atoms with Crippen molar-refractivity contribution < 1.29 is 41.8 Å². The Morgan fingerprint density at radius 1 is 1.25 bits per heavy atom. The number of fused-ring (bicyclic) bond motifs is 2. The van der Waals surface area contributed by atoms with Gasteiger partial charge >= 0.3 is 12.1 Å². The first kappa shape index (κ1) is 22.3. The fourth-order valence-electron chi connectivity index (χ4n) is 4.12. The number of hydrogen-bond donors (Lipinski definition) is 1. The van der Waals surface area contributed by atoms with Gasteiger partial charge in [0.25, 0.3) is 0 Å². The van der Waals surface area contributed by atoms with Gasteiger partial charge in [0.15, 0.2) is 17.3 Å². The summed E-state index contributed by atoms with van der Waals surface area (Å²) < 4.78 is 54.0. The van der Waals surface area contributed by atoms with E-state index in [2.05, 4.69) is 27.2 Å². The number of aliphatic carboxylic acids is 1. The van der Waals surface area contributed by atoms with Gasteiger partial charge in [-0.25, -0.2) is 4.79 Å². The maximum Gasteiger partial charge on any atom is 0.490 e. The molecule has 2 aromatic rings. The van der Waals surface area contributed by atoms with E-state index in [9.17, 15) is 13.2 Å². The first-order valence-electron chi connectivity index (χ1n) is 10.0. The van der Waals surface area contributed by atoms with E-state index in [-0.39, 0.29) is 6.10 Å². The third-order valence-corrected chi connectivity index (χ3v) is 5.45. The van der Waals surface area contributed by atoms with Gasteiger partial charge in [-0.05, 0) is 31.0 Å². The summed E-state index contributed by atoms with van der Waals surface area (Å²) in [6.07, 6.45) is -2.80. The molecule has 3 aliphatic heterocycles. The third-order valence-electron chi connectivity index (χ3n) is 5.45. The van der Waals surface area contributed by atoms with Crippen molar-refractivity contribution >= 4 is 5.97 Å². The lowest BCUT2D eigenvalue weighted by molar-refractivity contribution is -0.192. The van der Waals surface area contributed by atoms with Gasteiger partial charge in [0.05, 0.1) is 18.6 Å². The largest absolute Gasteiger partial charge is 0.490 e. The summed E-state index contributed by atoms with van der Waals surface area (Å²) in [6, 6.07) is 6.19. The highest BCUT2D eigenvalue weighted by atomic mass is 19.4. The fraction of sp³-hybridized carbons (Fsp3) is 0.550. The quantitative estimate of drug-likeness (QED) is 0.741. The van der Waals surface area contributed by atoms with Gasteiger partial charge in [-0.3, -0.25) is 4.90 Å². The summed E-state index contributed by atoms with van der Waals surface area (Å²) in [7, 11) is 0. The summed E-state index contributed by atoms with van der Waals surface area (Å²) in [5.41, 5.74) is 1.25. The zero-order chi connectivity index (χ0) is 22.9. The van der Waals surface area contributed by atoms with Crippen molar-refractivity contribution in [1.82, 2.24) is 15.0 Å². The van der Waals surface area contributed by atoms with Crippen molar-refractivity contribution in [2.24, 2.45) is 5.92 Å². The molecule has 4 heterocycles. The lowest BCUT2D eigenvalue weighted by atomic mass is 10.0. The van der Waals surface area contributed by atoms with Crippen LogP contribution in [0.5, 0.6) is 11.5 Å². The standard InChI is InChI=1S/C18H21N3O4.C2HF3O2/c1-11-19-18(25-20-11)6-14-5-13-8-21(9-17(13)24-14)7-12-2-3-15-16(4-12)23-10-22-15;3-2(4,5)1(6)7/h2-4,13-14,17H,5-10H2,1H3;(H,6,7)/t13-,14+,17+;/m0./s1. The molecule has 0 amide bonds. The Morgan fingerprint density at radius 2 is 2.00 bits per heavy atom. The van der Waals surface area contributed by atoms with Crippen molar-refractivity contribution in [2.75, 3.05) is 19.9 Å². The minimum absolute atomic E-state index is 0.197. The molecule has 1 N–H and O–H groups in total. The number of carboxylic acids is 1. The molecule has 1 aromatic carbocycles. The van der Waals surface area contributed by atoms with E-state index in [4.69, 9.17) is 28.6 Å². The molecule has 0 unspecified atom stereocenters. The van der Waals surface area contributed by atoms with E-state index < -0.39 is 12.1 Å². The first-order valence-corrected chi connectivity index (χ1v) is 10.0. The minimum Gasteiger partial charge on any atom is -0.475 e. The van der Waals surface area contributed by atoms with Crippen LogP contribution in [0.15, 0.2) is 22.7 Å². The molecule has 32 heavy (non-hydrogen) atoms. The smallest absolute Gasteiger partial charge is 0.475 e. The molecule has 9 nitrogen and oxygen atoms in total. The molecular weight excluding hydrogens is 435 g/mol. The van der Waals surface area contributed by atoms with E-state index in [0.717, 1.165) is 44.0 Å². The summed E-state index contributed by atoms with van der Waals surface area (Å²) in [4.78, 5) is 15.6. The Morgan fingerprint density at radius 3 is 2.66 bits per heavy atom. The number of carbonyl (C=O) groups is 1. The van der Waals surface area contributed by atoms with Gasteiger partial charge in [0.1, 0.15) is 0 Å². The second-order valence-electron chi connectivity index (χ2n) is 7.92. The number of aryl methyl sites for hydroxylation is 1. The van der Waals surface area contributed by atoms with Gasteiger partial charge in [0.2, 0.25) is 12.7 Å². The maximum absolute atomic E-state index is 10.6. The van der Waals surface area contributed by atoms with Crippen LogP contribution in [0.3, 0.4) is 0 Å². The number of likely N-dealkylation sites (tertiary alicyclic amines) is 1. The van der Waals surface area contributed by atoms with Crippen molar-refractivity contribution in [1.29, 1.82) is 0 Å². The Hall–Kier alpha value is -2.86. The Balaban J connectivity index is 0.000000307. The van der Waals surface area contributed by atoms with E-state index in [0.29, 0.717) is 30.5 Å². The van der Waals surface area contributed by atoms with Crippen molar-refractivity contribution in [2.45, 2.75) is 44.7 Å². The van der Waals surface area contributed by atoms with Crippen LogP contribution in [-0.4, -0.2) is 64.4 Å². The van der Waals surface area contributed by atoms with Crippen LogP contribution in [0.25, 0.3) is 0 Å². The highest BCUT2D eigenvalue weighted by Crippen LogP contribution is 2.36. The summed E-state index contributed by atoms with van der Waals surface area (Å²) in [6.45, 7) is 5.12. The van der Waals surface area contributed by atoms with E-state index in [1.807, 2.05) is 13.0 Å². The molecule has 174 valence electrons. The number of benzene rings is 1. The molecule has 2 fully saturated rings. The Kier molecular flexibility index (Phi) is 6.24. The molecule has 0 bridgehead atoms. The van der Waals surface area contributed by atoms with Crippen LogP contribution in [0.1, 0.15) is 23.7 Å². The average Bonchev–Trinajstić information content (AvgIpc) is 3.46. The van der Waals surface area contributed by atoms with Crippen LogP contribution in [0.4, 0.5) is 13.2 Å². The Labute approximate surface area is 181 Å². The minimum atomic E-state index is -5.08. The summed E-state index contributed by atoms with van der Waals surface area (Å²) in [5.74, 6) is 0.880. The van der Waals surface area contributed by atoms with E-state index in [1.165, 1.54) is 5.56 Å². The number of aromatic nitrogens is 2. The van der Waals surface area contributed by atoms with Crippen LogP contribution in [0, 0.1) is 12.8 Å². The molecule has 3 atom stereocenters. The number of halogens is 3. The molecule has 0 saturated carbocycles. The van der Waals surface area contributed by atoms with E-state index >= 15 is 0 Å². The third kappa shape index (κ3) is 5.30. The van der Waals surface area contributed by atoms with Crippen LogP contribution < -0.4 is 9.47 Å². The molecule has 3 aliphatic rings. The number of rotatable bonds is 4. The SMILES string of the molecule is Cc1noc(C[C@H]2C[C@H]3CN(Cc4ccc5c(c4)OCO5)C[C@H]3O2)n1.O=C(O)C(F)(F)F. The predicted octanol–water partition coefficient (Wildman–Crippen LogP) is 2.57. The lowest BCUT2D eigenvalue weighted by Gasteiger charge is -2.18. The molecule has 2 saturated heterocycles. The number of hydrogen-bond acceptors (Lipinski definition) is 8. The molecule has 0 aliphatic carbocycles.